The average molecular weight is 208 g/mol. The van der Waals surface area contributed by atoms with E-state index in [1.165, 1.54) is 25.2 Å². The van der Waals surface area contributed by atoms with Crippen molar-refractivity contribution < 1.29 is 4.39 Å². The lowest BCUT2D eigenvalue weighted by molar-refractivity contribution is 0.615. The van der Waals surface area contributed by atoms with E-state index in [1.807, 2.05) is 0 Å². The van der Waals surface area contributed by atoms with Crippen LogP contribution < -0.4 is 11.4 Å². The SMILES string of the molecule is Cn1nc(N)n(-c2ccccc2F)c1=O. The molecular weight excluding hydrogens is 199 g/mol. The minimum atomic E-state index is -0.515. The fourth-order valence-corrected chi connectivity index (χ4v) is 1.34. The largest absolute Gasteiger partial charge is 0.368 e. The molecule has 0 fully saturated rings. The highest BCUT2D eigenvalue weighted by Gasteiger charge is 2.12. The van der Waals surface area contributed by atoms with E-state index in [0.29, 0.717) is 0 Å². The summed E-state index contributed by atoms with van der Waals surface area (Å²) in [5.41, 5.74) is 5.14. The monoisotopic (exact) mass is 208 g/mol. The number of rotatable bonds is 1. The predicted octanol–water partition coefficient (Wildman–Crippen LogP) is 0.292. The van der Waals surface area contributed by atoms with Crippen LogP contribution in [-0.2, 0) is 7.05 Å². The van der Waals surface area contributed by atoms with E-state index in [2.05, 4.69) is 5.10 Å². The van der Waals surface area contributed by atoms with E-state index in [-0.39, 0.29) is 11.6 Å². The van der Waals surface area contributed by atoms with E-state index in [1.54, 1.807) is 6.07 Å². The molecule has 0 spiro atoms. The minimum Gasteiger partial charge on any atom is -0.368 e. The quantitative estimate of drug-likeness (QED) is 0.732. The van der Waals surface area contributed by atoms with Gasteiger partial charge in [0.25, 0.3) is 0 Å². The van der Waals surface area contributed by atoms with Gasteiger partial charge in [-0.3, -0.25) is 0 Å². The molecule has 0 radical (unpaired) electrons. The van der Waals surface area contributed by atoms with Crippen molar-refractivity contribution >= 4 is 5.95 Å². The van der Waals surface area contributed by atoms with Crippen molar-refractivity contribution in [3.05, 3.63) is 40.6 Å². The van der Waals surface area contributed by atoms with Gasteiger partial charge in [0, 0.05) is 7.05 Å². The Balaban J connectivity index is 2.75. The molecule has 2 aromatic rings. The Morgan fingerprint density at radius 1 is 1.40 bits per heavy atom. The van der Waals surface area contributed by atoms with Gasteiger partial charge in [0.15, 0.2) is 0 Å². The van der Waals surface area contributed by atoms with Gasteiger partial charge < -0.3 is 5.73 Å². The number of hydrogen-bond acceptors (Lipinski definition) is 3. The third-order valence-corrected chi connectivity index (χ3v) is 2.04. The van der Waals surface area contributed by atoms with Gasteiger partial charge in [0.2, 0.25) is 5.95 Å². The summed E-state index contributed by atoms with van der Waals surface area (Å²) < 4.78 is 15.5. The molecule has 1 aromatic heterocycles. The number of halogens is 1. The number of nitrogen functional groups attached to an aromatic ring is 1. The van der Waals surface area contributed by atoms with E-state index >= 15 is 0 Å². The number of nitrogens with zero attached hydrogens (tertiary/aromatic N) is 3. The third-order valence-electron chi connectivity index (χ3n) is 2.04. The van der Waals surface area contributed by atoms with Crippen molar-refractivity contribution in [1.29, 1.82) is 0 Å². The number of para-hydroxylation sites is 1. The number of aromatic nitrogens is 3. The molecule has 15 heavy (non-hydrogen) atoms. The zero-order chi connectivity index (χ0) is 11.0. The summed E-state index contributed by atoms with van der Waals surface area (Å²) in [5.74, 6) is -0.549. The molecule has 0 aliphatic heterocycles. The maximum absolute atomic E-state index is 13.4. The maximum atomic E-state index is 13.4. The highest BCUT2D eigenvalue weighted by Crippen LogP contribution is 2.12. The molecule has 78 valence electrons. The molecular formula is C9H9FN4O. The van der Waals surface area contributed by atoms with E-state index in [9.17, 15) is 9.18 Å². The Kier molecular flexibility index (Phi) is 2.03. The molecule has 0 bridgehead atoms. The number of nitrogens with two attached hydrogens (primary N) is 1. The van der Waals surface area contributed by atoms with Gasteiger partial charge in [-0.25, -0.2) is 18.4 Å². The van der Waals surface area contributed by atoms with Gasteiger partial charge in [-0.2, -0.15) is 0 Å². The van der Waals surface area contributed by atoms with Crippen LogP contribution in [0.1, 0.15) is 0 Å². The first-order valence-electron chi connectivity index (χ1n) is 4.27. The molecule has 5 nitrogen and oxygen atoms in total. The molecule has 1 aromatic carbocycles. The summed E-state index contributed by atoms with van der Waals surface area (Å²) in [5, 5.41) is 3.71. The number of anilines is 1. The Labute approximate surface area is 84.6 Å². The summed E-state index contributed by atoms with van der Waals surface area (Å²) in [7, 11) is 1.45. The number of hydrogen-bond donors (Lipinski definition) is 1. The summed E-state index contributed by atoms with van der Waals surface area (Å²) in [6, 6.07) is 5.89. The van der Waals surface area contributed by atoms with Crippen molar-refractivity contribution in [1.82, 2.24) is 14.3 Å². The van der Waals surface area contributed by atoms with Crippen LogP contribution in [0.4, 0.5) is 10.3 Å². The van der Waals surface area contributed by atoms with Crippen molar-refractivity contribution in [2.24, 2.45) is 7.05 Å². The van der Waals surface area contributed by atoms with Crippen LogP contribution in [0.3, 0.4) is 0 Å². The van der Waals surface area contributed by atoms with Crippen LogP contribution in [0.25, 0.3) is 5.69 Å². The van der Waals surface area contributed by atoms with Gasteiger partial charge >= 0.3 is 5.69 Å². The van der Waals surface area contributed by atoms with Crippen molar-refractivity contribution in [2.75, 3.05) is 5.73 Å². The Bertz CT molecular complexity index is 557. The molecule has 0 saturated heterocycles. The average Bonchev–Trinajstić information content (AvgIpc) is 2.43. The van der Waals surface area contributed by atoms with Crippen LogP contribution in [0.15, 0.2) is 29.1 Å². The van der Waals surface area contributed by atoms with Crippen molar-refractivity contribution in [3.63, 3.8) is 0 Å². The first-order valence-corrected chi connectivity index (χ1v) is 4.27. The van der Waals surface area contributed by atoms with E-state index in [4.69, 9.17) is 5.73 Å². The topological polar surface area (TPSA) is 65.8 Å². The van der Waals surface area contributed by atoms with Crippen LogP contribution >= 0.6 is 0 Å². The normalized spacial score (nSPS) is 10.5. The molecule has 2 rings (SSSR count). The van der Waals surface area contributed by atoms with Gasteiger partial charge in [0.05, 0.1) is 5.69 Å². The molecule has 0 saturated carbocycles. The zero-order valence-corrected chi connectivity index (χ0v) is 8.01. The molecule has 1 heterocycles. The Hall–Kier alpha value is -2.11. The number of aryl methyl sites for hydroxylation is 1. The lowest BCUT2D eigenvalue weighted by Gasteiger charge is -2.02. The molecule has 0 aliphatic carbocycles. The van der Waals surface area contributed by atoms with Crippen LogP contribution in [0.2, 0.25) is 0 Å². The summed E-state index contributed by atoms with van der Waals surface area (Å²) in [4.78, 5) is 11.6. The minimum absolute atomic E-state index is 0.0346. The predicted molar refractivity (Wildman–Crippen MR) is 53.2 cm³/mol. The summed E-state index contributed by atoms with van der Waals surface area (Å²) >= 11 is 0. The Morgan fingerprint density at radius 3 is 2.60 bits per heavy atom. The van der Waals surface area contributed by atoms with Crippen molar-refractivity contribution in [3.8, 4) is 5.69 Å². The zero-order valence-electron chi connectivity index (χ0n) is 8.01. The summed E-state index contributed by atoms with van der Waals surface area (Å²) in [6.45, 7) is 0. The maximum Gasteiger partial charge on any atom is 0.351 e. The first kappa shape index (κ1) is 9.45. The second-order valence-electron chi connectivity index (χ2n) is 3.05. The molecule has 0 amide bonds. The standard InChI is InChI=1S/C9H9FN4O/c1-13-9(15)14(8(11)12-13)7-5-3-2-4-6(7)10/h2-5H,1H3,(H2,11,12). The molecule has 6 heteroatoms. The highest BCUT2D eigenvalue weighted by molar-refractivity contribution is 5.39. The fourth-order valence-electron chi connectivity index (χ4n) is 1.34. The number of benzene rings is 1. The van der Waals surface area contributed by atoms with Crippen LogP contribution in [0, 0.1) is 5.82 Å². The molecule has 2 N–H and O–H groups in total. The van der Waals surface area contributed by atoms with E-state index < -0.39 is 11.5 Å². The Morgan fingerprint density at radius 2 is 2.07 bits per heavy atom. The van der Waals surface area contributed by atoms with E-state index in [0.717, 1.165) is 9.25 Å². The van der Waals surface area contributed by atoms with Gasteiger partial charge in [-0.1, -0.05) is 12.1 Å². The lowest BCUT2D eigenvalue weighted by Crippen LogP contribution is -2.22. The highest BCUT2D eigenvalue weighted by atomic mass is 19.1. The fraction of sp³-hybridized carbons (Fsp3) is 0.111. The second kappa shape index (κ2) is 3.23. The van der Waals surface area contributed by atoms with Gasteiger partial charge in [-0.05, 0) is 12.1 Å². The first-order chi connectivity index (χ1) is 7.11. The molecule has 0 unspecified atom stereocenters. The van der Waals surface area contributed by atoms with Crippen LogP contribution in [-0.4, -0.2) is 14.3 Å². The molecule has 0 atom stereocenters. The lowest BCUT2D eigenvalue weighted by atomic mass is 10.3. The smallest absolute Gasteiger partial charge is 0.351 e. The van der Waals surface area contributed by atoms with Crippen LogP contribution in [0.5, 0.6) is 0 Å². The third kappa shape index (κ3) is 1.39. The van der Waals surface area contributed by atoms with Gasteiger partial charge in [-0.15, -0.1) is 5.10 Å². The van der Waals surface area contributed by atoms with Gasteiger partial charge in [0.1, 0.15) is 5.82 Å². The molecule has 0 aliphatic rings. The van der Waals surface area contributed by atoms with Crippen molar-refractivity contribution in [2.45, 2.75) is 0 Å². The summed E-state index contributed by atoms with van der Waals surface area (Å²) in [6.07, 6.45) is 0. The second-order valence-corrected chi connectivity index (χ2v) is 3.05.